The summed E-state index contributed by atoms with van der Waals surface area (Å²) in [5.41, 5.74) is 1.28. The fourth-order valence-electron chi connectivity index (χ4n) is 1.06. The number of rotatable bonds is 2. The molecule has 1 aromatic rings. The van der Waals surface area contributed by atoms with E-state index in [-0.39, 0.29) is 10.0 Å². The van der Waals surface area contributed by atoms with Gasteiger partial charge in [0.15, 0.2) is 0 Å². The zero-order valence-electron chi connectivity index (χ0n) is 7.08. The highest BCUT2D eigenvalue weighted by Crippen LogP contribution is 2.42. The molecule has 74 valence electrons. The Morgan fingerprint density at radius 2 is 0.929 bits per heavy atom. The number of benzene rings is 1. The molecule has 0 spiro atoms. The van der Waals surface area contributed by atoms with Crippen LogP contribution in [0.2, 0.25) is 20.1 Å². The molecule has 0 aliphatic rings. The molecule has 0 aromatic heterocycles. The van der Waals surface area contributed by atoms with E-state index in [0.29, 0.717) is 21.2 Å². The van der Waals surface area contributed by atoms with Crippen molar-refractivity contribution < 1.29 is 0 Å². The molecule has 0 radical (unpaired) electrons. The molecule has 0 N–H and O–H groups in total. The van der Waals surface area contributed by atoms with E-state index in [4.69, 9.17) is 46.4 Å². The number of hydrogen-bond acceptors (Lipinski definition) is 0. The first-order valence-electron chi connectivity index (χ1n) is 3.65. The fourth-order valence-corrected chi connectivity index (χ4v) is 2.10. The first-order chi connectivity index (χ1) is 6.54. The van der Waals surface area contributed by atoms with Gasteiger partial charge in [-0.1, -0.05) is 71.7 Å². The Morgan fingerprint density at radius 1 is 0.643 bits per heavy atom. The Balaban J connectivity index is 3.73. The Labute approximate surface area is 103 Å². The topological polar surface area (TPSA) is 0 Å². The Bertz CT molecular complexity index is 368. The smallest absolute Gasteiger partial charge is 0.0800 e. The first kappa shape index (κ1) is 11.9. The van der Waals surface area contributed by atoms with Crippen LogP contribution in [0.1, 0.15) is 11.1 Å². The Kier molecular flexibility index (Phi) is 3.91. The first-order valence-corrected chi connectivity index (χ1v) is 5.16. The molecular formula is C10H6Cl4. The van der Waals surface area contributed by atoms with Gasteiger partial charge in [0.1, 0.15) is 0 Å². The SMILES string of the molecule is C=Cc1c(Cl)c(Cl)c(Cl)c(Cl)c1C=C. The molecule has 0 fully saturated rings. The zero-order valence-corrected chi connectivity index (χ0v) is 10.1. The monoisotopic (exact) mass is 266 g/mol. The van der Waals surface area contributed by atoms with Crippen LogP contribution in [0.25, 0.3) is 12.2 Å². The summed E-state index contributed by atoms with van der Waals surface area (Å²) in [6, 6.07) is 0. The van der Waals surface area contributed by atoms with Gasteiger partial charge in [-0.05, 0) is 0 Å². The minimum atomic E-state index is 0.235. The lowest BCUT2D eigenvalue weighted by molar-refractivity contribution is 1.61. The second kappa shape index (κ2) is 4.59. The van der Waals surface area contributed by atoms with Gasteiger partial charge in [0.25, 0.3) is 0 Å². The summed E-state index contributed by atoms with van der Waals surface area (Å²) in [5.74, 6) is 0. The van der Waals surface area contributed by atoms with Crippen LogP contribution in [0.4, 0.5) is 0 Å². The molecule has 4 heteroatoms. The van der Waals surface area contributed by atoms with Crippen LogP contribution in [0.15, 0.2) is 13.2 Å². The minimum absolute atomic E-state index is 0.235. The summed E-state index contributed by atoms with van der Waals surface area (Å²) < 4.78 is 0. The highest BCUT2D eigenvalue weighted by atomic mass is 35.5. The predicted molar refractivity (Wildman–Crippen MR) is 66.7 cm³/mol. The largest absolute Gasteiger partial charge is 0.0984 e. The van der Waals surface area contributed by atoms with E-state index in [1.54, 1.807) is 12.2 Å². The van der Waals surface area contributed by atoms with E-state index in [0.717, 1.165) is 0 Å². The maximum atomic E-state index is 5.96. The lowest BCUT2D eigenvalue weighted by Crippen LogP contribution is -1.87. The number of halogens is 4. The van der Waals surface area contributed by atoms with E-state index >= 15 is 0 Å². The van der Waals surface area contributed by atoms with Crippen LogP contribution in [-0.4, -0.2) is 0 Å². The zero-order chi connectivity index (χ0) is 10.9. The summed E-state index contributed by atoms with van der Waals surface area (Å²) in [6.07, 6.45) is 3.13. The van der Waals surface area contributed by atoms with Gasteiger partial charge in [-0.3, -0.25) is 0 Å². The highest BCUT2D eigenvalue weighted by Gasteiger charge is 2.16. The second-order valence-electron chi connectivity index (χ2n) is 2.49. The van der Waals surface area contributed by atoms with Gasteiger partial charge in [0.2, 0.25) is 0 Å². The van der Waals surface area contributed by atoms with Crippen molar-refractivity contribution in [2.45, 2.75) is 0 Å². The van der Waals surface area contributed by atoms with Gasteiger partial charge in [0, 0.05) is 11.1 Å². The maximum Gasteiger partial charge on any atom is 0.0800 e. The van der Waals surface area contributed by atoms with Crippen LogP contribution in [0.5, 0.6) is 0 Å². The van der Waals surface area contributed by atoms with Crippen LogP contribution in [0.3, 0.4) is 0 Å². The summed E-state index contributed by atoms with van der Waals surface area (Å²) in [5, 5.41) is 1.15. The summed E-state index contributed by atoms with van der Waals surface area (Å²) in [4.78, 5) is 0. The third-order valence-electron chi connectivity index (χ3n) is 1.75. The van der Waals surface area contributed by atoms with Gasteiger partial charge in [0.05, 0.1) is 20.1 Å². The average Bonchev–Trinajstić information content (AvgIpc) is 2.20. The fraction of sp³-hybridized carbons (Fsp3) is 0. The van der Waals surface area contributed by atoms with Crippen LogP contribution >= 0.6 is 46.4 Å². The molecule has 0 saturated carbocycles. The third-order valence-corrected chi connectivity index (χ3v) is 3.58. The lowest BCUT2D eigenvalue weighted by Gasteiger charge is -2.10. The van der Waals surface area contributed by atoms with Crippen molar-refractivity contribution in [3.05, 3.63) is 44.4 Å². The van der Waals surface area contributed by atoms with Crippen LogP contribution < -0.4 is 0 Å². The molecule has 0 nitrogen and oxygen atoms in total. The Hall–Kier alpha value is -0.140. The molecule has 0 aliphatic heterocycles. The van der Waals surface area contributed by atoms with Crippen molar-refractivity contribution in [3.8, 4) is 0 Å². The maximum absolute atomic E-state index is 5.96. The van der Waals surface area contributed by atoms with Crippen molar-refractivity contribution in [1.29, 1.82) is 0 Å². The molecule has 0 amide bonds. The van der Waals surface area contributed by atoms with Gasteiger partial charge < -0.3 is 0 Å². The molecule has 0 saturated heterocycles. The predicted octanol–water partition coefficient (Wildman–Crippen LogP) is 5.59. The number of hydrogen-bond donors (Lipinski definition) is 0. The minimum Gasteiger partial charge on any atom is -0.0984 e. The summed E-state index contributed by atoms with van der Waals surface area (Å²) in [6.45, 7) is 7.24. The van der Waals surface area contributed by atoms with Crippen molar-refractivity contribution >= 4 is 58.6 Å². The standard InChI is InChI=1S/C10H6Cl4/c1-3-5-6(4-2)8(12)10(14)9(13)7(5)11/h3-4H,1-2H2. The molecule has 1 aromatic carbocycles. The molecule has 0 heterocycles. The third kappa shape index (κ3) is 1.80. The lowest BCUT2D eigenvalue weighted by atomic mass is 10.1. The molecule has 0 aliphatic carbocycles. The quantitative estimate of drug-likeness (QED) is 0.484. The average molecular weight is 268 g/mol. The van der Waals surface area contributed by atoms with Crippen molar-refractivity contribution in [2.75, 3.05) is 0 Å². The van der Waals surface area contributed by atoms with E-state index < -0.39 is 0 Å². The van der Waals surface area contributed by atoms with E-state index in [1.165, 1.54) is 0 Å². The van der Waals surface area contributed by atoms with E-state index in [9.17, 15) is 0 Å². The molecule has 0 unspecified atom stereocenters. The van der Waals surface area contributed by atoms with Gasteiger partial charge in [-0.15, -0.1) is 0 Å². The summed E-state index contributed by atoms with van der Waals surface area (Å²) >= 11 is 23.7. The molecule has 14 heavy (non-hydrogen) atoms. The molecular weight excluding hydrogens is 262 g/mol. The van der Waals surface area contributed by atoms with Crippen molar-refractivity contribution in [2.24, 2.45) is 0 Å². The summed E-state index contributed by atoms with van der Waals surface area (Å²) in [7, 11) is 0. The second-order valence-corrected chi connectivity index (χ2v) is 4.00. The molecule has 0 atom stereocenters. The normalized spacial score (nSPS) is 10.0. The molecule has 0 bridgehead atoms. The van der Waals surface area contributed by atoms with Crippen LogP contribution in [-0.2, 0) is 0 Å². The van der Waals surface area contributed by atoms with Gasteiger partial charge >= 0.3 is 0 Å². The van der Waals surface area contributed by atoms with E-state index in [1.807, 2.05) is 0 Å². The van der Waals surface area contributed by atoms with Crippen molar-refractivity contribution in [3.63, 3.8) is 0 Å². The van der Waals surface area contributed by atoms with Gasteiger partial charge in [-0.25, -0.2) is 0 Å². The van der Waals surface area contributed by atoms with Crippen LogP contribution in [0, 0.1) is 0 Å². The highest BCUT2D eigenvalue weighted by molar-refractivity contribution is 6.52. The van der Waals surface area contributed by atoms with E-state index in [2.05, 4.69) is 13.2 Å². The van der Waals surface area contributed by atoms with Crippen molar-refractivity contribution in [1.82, 2.24) is 0 Å². The Morgan fingerprint density at radius 3 is 1.14 bits per heavy atom. The molecule has 1 rings (SSSR count). The van der Waals surface area contributed by atoms with Gasteiger partial charge in [-0.2, -0.15) is 0 Å².